The van der Waals surface area contributed by atoms with Crippen LogP contribution in [0.15, 0.2) is 59.6 Å². The number of thiazole rings is 1. The van der Waals surface area contributed by atoms with Crippen molar-refractivity contribution < 1.29 is 22.8 Å². The van der Waals surface area contributed by atoms with Gasteiger partial charge < -0.3 is 5.32 Å². The number of aromatic nitrogens is 1. The fraction of sp³-hybridized carbons (Fsp3) is 0.200. The van der Waals surface area contributed by atoms with Crippen LogP contribution >= 0.6 is 46.9 Å². The Morgan fingerprint density at radius 2 is 1.97 bits per heavy atom. The molecule has 0 radical (unpaired) electrons. The molecule has 2 aromatic carbocycles. The molecule has 12 heteroatoms. The summed E-state index contributed by atoms with van der Waals surface area (Å²) in [6.45, 7) is 0.288. The topological polar surface area (TPSA) is 62.3 Å². The monoisotopic (exact) mass is 581 g/mol. The summed E-state index contributed by atoms with van der Waals surface area (Å²) in [6.07, 6.45) is -0.366. The lowest BCUT2D eigenvalue weighted by atomic mass is 10.1. The van der Waals surface area contributed by atoms with E-state index < -0.39 is 11.7 Å². The van der Waals surface area contributed by atoms with Crippen molar-refractivity contribution in [2.45, 2.75) is 25.4 Å². The lowest BCUT2D eigenvalue weighted by Gasteiger charge is -2.13. The van der Waals surface area contributed by atoms with Crippen molar-refractivity contribution in [3.63, 3.8) is 0 Å². The summed E-state index contributed by atoms with van der Waals surface area (Å²) in [6, 6.07) is 12.3. The molecular formula is C25H19ClF3N3O2S3. The van der Waals surface area contributed by atoms with Crippen LogP contribution in [0.4, 0.5) is 18.3 Å². The summed E-state index contributed by atoms with van der Waals surface area (Å²) in [5.41, 5.74) is 0.521. The fourth-order valence-corrected chi connectivity index (χ4v) is 5.86. The Labute approximate surface area is 229 Å². The molecule has 0 aliphatic carbocycles. The van der Waals surface area contributed by atoms with Gasteiger partial charge in [-0.2, -0.15) is 13.2 Å². The molecule has 3 aromatic rings. The second-order valence-corrected chi connectivity index (χ2v) is 11.2. The van der Waals surface area contributed by atoms with E-state index in [0.717, 1.165) is 22.6 Å². The largest absolute Gasteiger partial charge is 0.416 e. The molecule has 4 rings (SSSR count). The van der Waals surface area contributed by atoms with Crippen molar-refractivity contribution in [1.29, 1.82) is 0 Å². The molecule has 0 bridgehead atoms. The lowest BCUT2D eigenvalue weighted by Crippen LogP contribution is -2.29. The number of hydrogen-bond donors (Lipinski definition) is 1. The zero-order valence-corrected chi connectivity index (χ0v) is 22.3. The predicted molar refractivity (Wildman–Crippen MR) is 146 cm³/mol. The molecule has 0 atom stereocenters. The first kappa shape index (κ1) is 27.3. The van der Waals surface area contributed by atoms with Crippen LogP contribution in [0.1, 0.15) is 34.4 Å². The minimum Gasteiger partial charge on any atom is -0.302 e. The van der Waals surface area contributed by atoms with E-state index in [1.165, 1.54) is 40.3 Å². The van der Waals surface area contributed by atoms with Gasteiger partial charge in [0.1, 0.15) is 4.32 Å². The highest BCUT2D eigenvalue weighted by Crippen LogP contribution is 2.34. The number of benzene rings is 2. The standard InChI is InChI=1S/C25H19ClF3N3O2S3/c26-19-8-2-1-6-16(19)13-20-22(34)32(24(35)37-20)10-4-9-21(33)31-23-30-14-18(36-23)12-15-5-3-7-17(11-15)25(27,28)29/h1-3,5-8,11,13-14H,4,9-10,12H2,(H,30,31,33)/b20-13-. The van der Waals surface area contributed by atoms with E-state index in [2.05, 4.69) is 10.3 Å². The van der Waals surface area contributed by atoms with E-state index in [1.54, 1.807) is 24.3 Å². The van der Waals surface area contributed by atoms with Crippen molar-refractivity contribution in [3.8, 4) is 0 Å². The Balaban J connectivity index is 1.27. The number of thiocarbonyl (C=S) groups is 1. The molecule has 0 unspecified atom stereocenters. The zero-order chi connectivity index (χ0) is 26.6. The van der Waals surface area contributed by atoms with Crippen LogP contribution in [0.5, 0.6) is 0 Å². The first-order valence-electron chi connectivity index (χ1n) is 11.0. The van der Waals surface area contributed by atoms with Gasteiger partial charge in [-0.25, -0.2) is 4.98 Å². The molecule has 1 fully saturated rings. The van der Waals surface area contributed by atoms with Gasteiger partial charge >= 0.3 is 6.18 Å². The Bertz CT molecular complexity index is 1370. The Morgan fingerprint density at radius 3 is 2.73 bits per heavy atom. The number of carbonyl (C=O) groups is 2. The number of carbonyl (C=O) groups excluding carboxylic acids is 2. The molecule has 192 valence electrons. The van der Waals surface area contributed by atoms with Crippen molar-refractivity contribution in [1.82, 2.24) is 9.88 Å². The summed E-state index contributed by atoms with van der Waals surface area (Å²) in [4.78, 5) is 31.9. The van der Waals surface area contributed by atoms with Crippen molar-refractivity contribution in [2.24, 2.45) is 0 Å². The van der Waals surface area contributed by atoms with Crippen LogP contribution in [0.2, 0.25) is 5.02 Å². The summed E-state index contributed by atoms with van der Waals surface area (Å²) >= 11 is 13.9. The molecule has 1 aromatic heterocycles. The zero-order valence-electron chi connectivity index (χ0n) is 19.0. The molecular weight excluding hydrogens is 563 g/mol. The Kier molecular flexibility index (Phi) is 8.68. The van der Waals surface area contributed by atoms with Gasteiger partial charge in [-0.1, -0.05) is 72.0 Å². The number of nitrogens with zero attached hydrogens (tertiary/aromatic N) is 2. The van der Waals surface area contributed by atoms with Gasteiger partial charge in [0.25, 0.3) is 5.91 Å². The highest BCUT2D eigenvalue weighted by Gasteiger charge is 2.32. The number of hydrogen-bond acceptors (Lipinski definition) is 6. The maximum atomic E-state index is 12.9. The van der Waals surface area contributed by atoms with E-state index in [1.807, 2.05) is 12.1 Å². The maximum absolute atomic E-state index is 12.9. The SMILES string of the molecule is O=C(CCCN1C(=O)/C(=C/c2ccccc2Cl)SC1=S)Nc1ncc(Cc2cccc(C(F)(F)F)c2)s1. The second-order valence-electron chi connectivity index (χ2n) is 8.01. The Morgan fingerprint density at radius 1 is 1.19 bits per heavy atom. The second kappa shape index (κ2) is 11.8. The summed E-state index contributed by atoms with van der Waals surface area (Å²) in [5.74, 6) is -0.508. The van der Waals surface area contributed by atoms with Gasteiger partial charge in [-0.3, -0.25) is 14.5 Å². The van der Waals surface area contributed by atoms with E-state index in [0.29, 0.717) is 31.4 Å². The summed E-state index contributed by atoms with van der Waals surface area (Å²) in [5, 5.41) is 3.59. The van der Waals surface area contributed by atoms with Gasteiger partial charge in [0.15, 0.2) is 5.13 Å². The number of alkyl halides is 3. The van der Waals surface area contributed by atoms with Crippen LogP contribution < -0.4 is 5.32 Å². The summed E-state index contributed by atoms with van der Waals surface area (Å²) in [7, 11) is 0. The molecule has 5 nitrogen and oxygen atoms in total. The Hall–Kier alpha value is -2.73. The molecule has 0 saturated carbocycles. The molecule has 2 amide bonds. The van der Waals surface area contributed by atoms with Gasteiger partial charge in [0.2, 0.25) is 5.91 Å². The lowest BCUT2D eigenvalue weighted by molar-refractivity contribution is -0.137. The highest BCUT2D eigenvalue weighted by atomic mass is 35.5. The number of thioether (sulfide) groups is 1. The minimum absolute atomic E-state index is 0.142. The molecule has 1 saturated heterocycles. The van der Waals surface area contributed by atoms with Crippen LogP contribution in [0.25, 0.3) is 6.08 Å². The number of halogens is 4. The van der Waals surface area contributed by atoms with Crippen LogP contribution in [-0.4, -0.2) is 32.6 Å². The predicted octanol–water partition coefficient (Wildman–Crippen LogP) is 7.03. The molecule has 1 aliphatic rings. The number of rotatable bonds is 8. The molecule has 37 heavy (non-hydrogen) atoms. The molecule has 2 heterocycles. The molecule has 1 N–H and O–H groups in total. The number of anilines is 1. The van der Waals surface area contributed by atoms with E-state index in [-0.39, 0.29) is 31.2 Å². The third-order valence-corrected chi connectivity index (χ3v) is 7.92. The van der Waals surface area contributed by atoms with Crippen LogP contribution in [-0.2, 0) is 22.2 Å². The van der Waals surface area contributed by atoms with Gasteiger partial charge in [-0.15, -0.1) is 11.3 Å². The maximum Gasteiger partial charge on any atom is 0.416 e. The quantitative estimate of drug-likeness (QED) is 0.229. The van der Waals surface area contributed by atoms with Crippen LogP contribution in [0, 0.1) is 0 Å². The van der Waals surface area contributed by atoms with E-state index >= 15 is 0 Å². The minimum atomic E-state index is -4.40. The summed E-state index contributed by atoms with van der Waals surface area (Å²) < 4.78 is 39.2. The average Bonchev–Trinajstić information content (AvgIpc) is 3.38. The van der Waals surface area contributed by atoms with Gasteiger partial charge in [0, 0.05) is 35.5 Å². The smallest absolute Gasteiger partial charge is 0.302 e. The first-order valence-corrected chi connectivity index (χ1v) is 13.4. The van der Waals surface area contributed by atoms with Gasteiger partial charge in [0.05, 0.1) is 10.5 Å². The fourth-order valence-electron chi connectivity index (χ4n) is 3.51. The van der Waals surface area contributed by atoms with Crippen molar-refractivity contribution >= 4 is 74.3 Å². The van der Waals surface area contributed by atoms with Crippen molar-refractivity contribution in [2.75, 3.05) is 11.9 Å². The van der Waals surface area contributed by atoms with E-state index in [4.69, 9.17) is 23.8 Å². The highest BCUT2D eigenvalue weighted by molar-refractivity contribution is 8.26. The molecule has 1 aliphatic heterocycles. The number of nitrogens with one attached hydrogen (secondary N) is 1. The average molecular weight is 582 g/mol. The third-order valence-electron chi connectivity index (χ3n) is 5.28. The number of amides is 2. The first-order chi connectivity index (χ1) is 17.6. The van der Waals surface area contributed by atoms with Crippen molar-refractivity contribution in [3.05, 3.63) is 86.2 Å². The normalized spacial score (nSPS) is 15.0. The molecule has 0 spiro atoms. The van der Waals surface area contributed by atoms with E-state index in [9.17, 15) is 22.8 Å². The van der Waals surface area contributed by atoms with Crippen LogP contribution in [0.3, 0.4) is 0 Å². The third kappa shape index (κ3) is 7.19. The van der Waals surface area contributed by atoms with Gasteiger partial charge in [-0.05, 0) is 35.8 Å².